The number of hydrogen-bond acceptors (Lipinski definition) is 4. The molecule has 1 saturated heterocycles. The van der Waals surface area contributed by atoms with Crippen molar-refractivity contribution in [2.75, 3.05) is 44.2 Å². The second-order valence-corrected chi connectivity index (χ2v) is 7.77. The SMILES string of the molecule is CCNC(=NCCCN1C(=O)COc2ccccc21)N1CCC(c2cnn(C)c2)C1. The average Bonchev–Trinajstić information content (AvgIpc) is 3.41. The van der Waals surface area contributed by atoms with Gasteiger partial charge in [-0.05, 0) is 37.5 Å². The van der Waals surface area contributed by atoms with Gasteiger partial charge in [0.15, 0.2) is 12.6 Å². The fraction of sp³-hybridized carbons (Fsp3) is 0.500. The summed E-state index contributed by atoms with van der Waals surface area (Å²) < 4.78 is 7.38. The van der Waals surface area contributed by atoms with E-state index in [1.54, 1.807) is 0 Å². The summed E-state index contributed by atoms with van der Waals surface area (Å²) in [6, 6.07) is 7.70. The van der Waals surface area contributed by atoms with Gasteiger partial charge < -0.3 is 19.9 Å². The van der Waals surface area contributed by atoms with Crippen LogP contribution >= 0.6 is 0 Å². The first-order valence-electron chi connectivity index (χ1n) is 10.7. The van der Waals surface area contributed by atoms with Crippen LogP contribution in [-0.4, -0.2) is 65.9 Å². The van der Waals surface area contributed by atoms with Crippen LogP contribution in [0.2, 0.25) is 0 Å². The minimum Gasteiger partial charge on any atom is -0.482 e. The van der Waals surface area contributed by atoms with Crippen LogP contribution in [0.15, 0.2) is 41.7 Å². The highest BCUT2D eigenvalue weighted by Gasteiger charge is 2.27. The summed E-state index contributed by atoms with van der Waals surface area (Å²) in [5, 5.41) is 7.73. The van der Waals surface area contributed by atoms with E-state index in [-0.39, 0.29) is 12.5 Å². The monoisotopic (exact) mass is 410 g/mol. The van der Waals surface area contributed by atoms with Crippen LogP contribution < -0.4 is 15.0 Å². The topological polar surface area (TPSA) is 75.0 Å². The van der Waals surface area contributed by atoms with Gasteiger partial charge in [-0.25, -0.2) is 0 Å². The molecule has 1 atom stereocenters. The second-order valence-electron chi connectivity index (χ2n) is 7.77. The Bertz CT molecular complexity index is 909. The number of fused-ring (bicyclic) bond motifs is 1. The normalized spacial score (nSPS) is 19.1. The lowest BCUT2D eigenvalue weighted by molar-refractivity contribution is -0.121. The first-order chi connectivity index (χ1) is 14.7. The lowest BCUT2D eigenvalue weighted by atomic mass is 10.0. The highest BCUT2D eigenvalue weighted by atomic mass is 16.5. The molecule has 1 aromatic carbocycles. The van der Waals surface area contributed by atoms with E-state index in [9.17, 15) is 4.79 Å². The van der Waals surface area contributed by atoms with Gasteiger partial charge in [0.2, 0.25) is 0 Å². The van der Waals surface area contributed by atoms with Gasteiger partial charge in [-0.2, -0.15) is 5.10 Å². The third-order valence-electron chi connectivity index (χ3n) is 5.63. The number of carbonyl (C=O) groups is 1. The Kier molecular flexibility index (Phi) is 6.21. The zero-order valence-electron chi connectivity index (χ0n) is 17.8. The third kappa shape index (κ3) is 4.42. The van der Waals surface area contributed by atoms with Gasteiger partial charge in [0.05, 0.1) is 11.9 Å². The third-order valence-corrected chi connectivity index (χ3v) is 5.63. The van der Waals surface area contributed by atoms with E-state index < -0.39 is 0 Å². The van der Waals surface area contributed by atoms with Crippen molar-refractivity contribution in [1.82, 2.24) is 20.0 Å². The van der Waals surface area contributed by atoms with E-state index in [1.165, 1.54) is 5.56 Å². The highest BCUT2D eigenvalue weighted by Crippen LogP contribution is 2.31. The summed E-state index contributed by atoms with van der Waals surface area (Å²) in [4.78, 5) is 21.3. The fourth-order valence-corrected chi connectivity index (χ4v) is 4.11. The van der Waals surface area contributed by atoms with Crippen molar-refractivity contribution in [3.63, 3.8) is 0 Å². The summed E-state index contributed by atoms with van der Waals surface area (Å²) in [7, 11) is 1.96. The van der Waals surface area contributed by atoms with Crippen LogP contribution in [0.5, 0.6) is 5.75 Å². The Morgan fingerprint density at radius 1 is 1.37 bits per heavy atom. The summed E-state index contributed by atoms with van der Waals surface area (Å²) in [6.07, 6.45) is 5.98. The van der Waals surface area contributed by atoms with Gasteiger partial charge >= 0.3 is 0 Å². The van der Waals surface area contributed by atoms with Gasteiger partial charge in [0.1, 0.15) is 5.75 Å². The van der Waals surface area contributed by atoms with E-state index in [1.807, 2.05) is 47.1 Å². The average molecular weight is 411 g/mol. The predicted molar refractivity (Wildman–Crippen MR) is 117 cm³/mol. The predicted octanol–water partition coefficient (Wildman–Crippen LogP) is 1.99. The van der Waals surface area contributed by atoms with Gasteiger partial charge in [-0.15, -0.1) is 0 Å². The number of nitrogens with zero attached hydrogens (tertiary/aromatic N) is 5. The largest absolute Gasteiger partial charge is 0.482 e. The minimum atomic E-state index is 0.00319. The van der Waals surface area contributed by atoms with Crippen molar-refractivity contribution in [3.05, 3.63) is 42.2 Å². The zero-order chi connectivity index (χ0) is 20.9. The van der Waals surface area contributed by atoms with Crippen molar-refractivity contribution in [1.29, 1.82) is 0 Å². The first-order valence-corrected chi connectivity index (χ1v) is 10.7. The Morgan fingerprint density at radius 3 is 3.03 bits per heavy atom. The molecule has 1 aromatic heterocycles. The number of aromatic nitrogens is 2. The molecule has 8 nitrogen and oxygen atoms in total. The number of nitrogens with one attached hydrogen (secondary N) is 1. The molecule has 0 bridgehead atoms. The Balaban J connectivity index is 1.34. The maximum absolute atomic E-state index is 12.3. The van der Waals surface area contributed by atoms with Crippen molar-refractivity contribution in [3.8, 4) is 5.75 Å². The van der Waals surface area contributed by atoms with Crippen molar-refractivity contribution in [2.45, 2.75) is 25.7 Å². The van der Waals surface area contributed by atoms with Crippen molar-refractivity contribution < 1.29 is 9.53 Å². The van der Waals surface area contributed by atoms with Crippen LogP contribution in [0.25, 0.3) is 0 Å². The Hall–Kier alpha value is -3.03. The highest BCUT2D eigenvalue weighted by molar-refractivity contribution is 5.97. The number of rotatable bonds is 6. The number of anilines is 1. The number of carbonyl (C=O) groups excluding carboxylic acids is 1. The van der Waals surface area contributed by atoms with E-state index in [0.717, 1.165) is 49.9 Å². The second kappa shape index (κ2) is 9.19. The van der Waals surface area contributed by atoms with Crippen LogP contribution in [0.3, 0.4) is 0 Å². The van der Waals surface area contributed by atoms with Gasteiger partial charge in [-0.3, -0.25) is 14.5 Å². The standard InChI is InChI=1S/C22H30N6O2/c1-3-23-22(27-12-9-17(15-27)18-13-25-26(2)14-18)24-10-6-11-28-19-7-4-5-8-20(19)30-16-21(28)29/h4-5,7-8,13-14,17H,3,6,9-12,15-16H2,1-2H3,(H,23,24). The smallest absolute Gasteiger partial charge is 0.265 e. The number of likely N-dealkylation sites (tertiary alicyclic amines) is 1. The maximum atomic E-state index is 12.3. The van der Waals surface area contributed by atoms with E-state index in [2.05, 4.69) is 28.4 Å². The maximum Gasteiger partial charge on any atom is 0.265 e. The van der Waals surface area contributed by atoms with E-state index >= 15 is 0 Å². The molecule has 0 aliphatic carbocycles. The molecule has 160 valence electrons. The summed E-state index contributed by atoms with van der Waals surface area (Å²) in [6.45, 7) is 6.28. The Labute approximate surface area is 177 Å². The number of guanidine groups is 1. The minimum absolute atomic E-state index is 0.00319. The zero-order valence-corrected chi connectivity index (χ0v) is 17.8. The molecule has 1 N–H and O–H groups in total. The number of benzene rings is 1. The molecule has 2 aromatic rings. The van der Waals surface area contributed by atoms with Crippen LogP contribution in [0, 0.1) is 0 Å². The number of aliphatic imine (C=N–C) groups is 1. The van der Waals surface area contributed by atoms with E-state index in [4.69, 9.17) is 9.73 Å². The summed E-state index contributed by atoms with van der Waals surface area (Å²) >= 11 is 0. The summed E-state index contributed by atoms with van der Waals surface area (Å²) in [5.41, 5.74) is 2.14. The molecule has 8 heteroatoms. The first kappa shape index (κ1) is 20.3. The number of amides is 1. The van der Waals surface area contributed by atoms with E-state index in [0.29, 0.717) is 19.0 Å². The lowest BCUT2D eigenvalue weighted by Crippen LogP contribution is -2.41. The molecule has 0 saturated carbocycles. The molecular weight excluding hydrogens is 380 g/mol. The number of hydrogen-bond donors (Lipinski definition) is 1. The Morgan fingerprint density at radius 2 is 2.23 bits per heavy atom. The quantitative estimate of drug-likeness (QED) is 0.448. The van der Waals surface area contributed by atoms with Crippen LogP contribution in [0.4, 0.5) is 5.69 Å². The molecule has 0 spiro atoms. The molecule has 2 aliphatic rings. The van der Waals surface area contributed by atoms with Crippen LogP contribution in [0.1, 0.15) is 31.2 Å². The van der Waals surface area contributed by atoms with Gasteiger partial charge in [0, 0.05) is 51.9 Å². The molecule has 1 unspecified atom stereocenters. The van der Waals surface area contributed by atoms with Crippen LogP contribution in [-0.2, 0) is 11.8 Å². The molecule has 3 heterocycles. The molecule has 30 heavy (non-hydrogen) atoms. The molecular formula is C22H30N6O2. The molecule has 2 aliphatic heterocycles. The molecule has 1 amide bonds. The molecule has 1 fully saturated rings. The lowest BCUT2D eigenvalue weighted by Gasteiger charge is -2.29. The number of aryl methyl sites for hydroxylation is 1. The number of para-hydroxylation sites is 2. The van der Waals surface area contributed by atoms with Gasteiger partial charge in [0.25, 0.3) is 5.91 Å². The molecule has 4 rings (SSSR count). The van der Waals surface area contributed by atoms with Crippen molar-refractivity contribution >= 4 is 17.6 Å². The number of ether oxygens (including phenoxy) is 1. The summed E-state index contributed by atoms with van der Waals surface area (Å²) in [5.74, 6) is 2.22. The molecule has 0 radical (unpaired) electrons. The van der Waals surface area contributed by atoms with Gasteiger partial charge in [-0.1, -0.05) is 12.1 Å². The fourth-order valence-electron chi connectivity index (χ4n) is 4.11. The van der Waals surface area contributed by atoms with Crippen molar-refractivity contribution in [2.24, 2.45) is 12.0 Å².